The van der Waals surface area contributed by atoms with Gasteiger partial charge in [-0.15, -0.1) is 5.10 Å². The van der Waals surface area contributed by atoms with Crippen molar-refractivity contribution in [3.8, 4) is 11.1 Å². The molecule has 0 aliphatic carbocycles. The van der Waals surface area contributed by atoms with Crippen LogP contribution in [-0.4, -0.2) is 40.5 Å². The van der Waals surface area contributed by atoms with Crippen molar-refractivity contribution in [2.45, 2.75) is 32.2 Å². The Bertz CT molecular complexity index is 1080. The first-order chi connectivity index (χ1) is 15.2. The summed E-state index contributed by atoms with van der Waals surface area (Å²) in [5.74, 6) is 0.287. The molecule has 6 nitrogen and oxygen atoms in total. The summed E-state index contributed by atoms with van der Waals surface area (Å²) in [5, 5.41) is 10.7. The van der Waals surface area contributed by atoms with E-state index in [-0.39, 0.29) is 23.7 Å². The average molecular weight is 447 g/mol. The van der Waals surface area contributed by atoms with E-state index in [4.69, 9.17) is 4.74 Å². The predicted octanol–water partition coefficient (Wildman–Crippen LogP) is 5.05. The van der Waals surface area contributed by atoms with E-state index in [9.17, 15) is 17.6 Å². The molecule has 0 bridgehead atoms. The van der Waals surface area contributed by atoms with Crippen molar-refractivity contribution in [3.63, 3.8) is 0 Å². The van der Waals surface area contributed by atoms with E-state index >= 15 is 0 Å². The molecule has 1 aliphatic rings. The minimum Gasteiger partial charge on any atom is -0.372 e. The molecule has 4 rings (SSSR count). The summed E-state index contributed by atoms with van der Waals surface area (Å²) in [6, 6.07) is 7.90. The zero-order valence-electron chi connectivity index (χ0n) is 17.4. The second-order valence-electron chi connectivity index (χ2n) is 7.71. The monoisotopic (exact) mass is 447 g/mol. The van der Waals surface area contributed by atoms with Crippen LogP contribution in [0.2, 0.25) is 0 Å². The van der Waals surface area contributed by atoms with Crippen molar-refractivity contribution in [3.05, 3.63) is 60.2 Å². The molecule has 1 aromatic carbocycles. The van der Waals surface area contributed by atoms with Crippen LogP contribution in [0.4, 0.5) is 34.9 Å². The minimum atomic E-state index is -4.41. The molecule has 0 amide bonds. The Labute approximate surface area is 182 Å². The smallest absolute Gasteiger partial charge is 0.372 e. The highest BCUT2D eigenvalue weighted by atomic mass is 19.4. The molecule has 0 saturated carbocycles. The summed E-state index contributed by atoms with van der Waals surface area (Å²) in [7, 11) is 0. The lowest BCUT2D eigenvalue weighted by molar-refractivity contribution is -0.137. The van der Waals surface area contributed by atoms with Gasteiger partial charge in [0.25, 0.3) is 0 Å². The van der Waals surface area contributed by atoms with Crippen LogP contribution in [0.25, 0.3) is 11.1 Å². The van der Waals surface area contributed by atoms with E-state index in [0.29, 0.717) is 30.0 Å². The fourth-order valence-electron chi connectivity index (χ4n) is 3.64. The zero-order valence-corrected chi connectivity index (χ0v) is 17.4. The van der Waals surface area contributed by atoms with Crippen molar-refractivity contribution in [2.75, 3.05) is 23.3 Å². The van der Waals surface area contributed by atoms with Gasteiger partial charge in [-0.05, 0) is 37.6 Å². The third-order valence-electron chi connectivity index (χ3n) is 5.05. The number of anilines is 3. The second kappa shape index (κ2) is 8.70. The van der Waals surface area contributed by atoms with Gasteiger partial charge in [0.1, 0.15) is 5.82 Å². The highest BCUT2D eigenvalue weighted by Gasteiger charge is 2.30. The molecule has 1 aliphatic heterocycles. The Morgan fingerprint density at radius 3 is 2.34 bits per heavy atom. The van der Waals surface area contributed by atoms with Gasteiger partial charge < -0.3 is 15.0 Å². The molecule has 2 atom stereocenters. The molecular formula is C22H21F4N5O. The Hall–Kier alpha value is -3.27. The lowest BCUT2D eigenvalue weighted by atomic mass is 10.1. The molecular weight excluding hydrogens is 426 g/mol. The van der Waals surface area contributed by atoms with Crippen LogP contribution < -0.4 is 10.2 Å². The van der Waals surface area contributed by atoms with Crippen LogP contribution in [-0.2, 0) is 10.9 Å². The van der Waals surface area contributed by atoms with E-state index in [1.54, 1.807) is 12.1 Å². The first-order valence-electron chi connectivity index (χ1n) is 10.0. The van der Waals surface area contributed by atoms with E-state index < -0.39 is 17.6 Å². The molecule has 2 aromatic heterocycles. The van der Waals surface area contributed by atoms with Crippen molar-refractivity contribution >= 4 is 17.3 Å². The van der Waals surface area contributed by atoms with Crippen molar-refractivity contribution in [2.24, 2.45) is 0 Å². The first kappa shape index (κ1) is 21.9. The number of nitrogens with zero attached hydrogens (tertiary/aromatic N) is 4. The maximum absolute atomic E-state index is 14.4. The number of nitrogens with one attached hydrogen (secondary N) is 1. The summed E-state index contributed by atoms with van der Waals surface area (Å²) < 4.78 is 58.5. The van der Waals surface area contributed by atoms with Crippen LogP contribution in [0, 0.1) is 5.82 Å². The Balaban J connectivity index is 1.56. The van der Waals surface area contributed by atoms with Crippen LogP contribution >= 0.6 is 0 Å². The van der Waals surface area contributed by atoms with Crippen LogP contribution in [0.1, 0.15) is 19.4 Å². The largest absolute Gasteiger partial charge is 0.416 e. The quantitative estimate of drug-likeness (QED) is 0.565. The molecule has 3 heterocycles. The molecule has 1 N–H and O–H groups in total. The highest BCUT2D eigenvalue weighted by Crippen LogP contribution is 2.31. The molecule has 0 unspecified atom stereocenters. The van der Waals surface area contributed by atoms with Crippen molar-refractivity contribution in [1.82, 2.24) is 15.2 Å². The minimum absolute atomic E-state index is 0.0216. The standard InChI is InChI=1S/C22H21F4N5O/c1-13-11-31(12-14(2)32-13)21-8-19(18(23)10-27-21)29-20-7-16(9-28-30-20)15-3-5-17(6-4-15)22(24,25)26/h3-10,13-14H,11-12H2,1-2H3,(H,27,29,30)/t13-,14+. The first-order valence-corrected chi connectivity index (χ1v) is 10.0. The maximum atomic E-state index is 14.4. The lowest BCUT2D eigenvalue weighted by Gasteiger charge is -2.36. The van der Waals surface area contributed by atoms with Gasteiger partial charge in [-0.3, -0.25) is 0 Å². The SMILES string of the molecule is C[C@@H]1CN(c2cc(Nc3cc(-c4ccc(C(F)(F)F)cc4)cnn3)c(F)cn2)C[C@H](C)O1. The molecule has 3 aromatic rings. The van der Waals surface area contributed by atoms with Gasteiger partial charge in [0.05, 0.1) is 35.9 Å². The number of pyridine rings is 1. The summed E-state index contributed by atoms with van der Waals surface area (Å²) in [5.41, 5.74) is 0.505. The summed E-state index contributed by atoms with van der Waals surface area (Å²) >= 11 is 0. The number of halogens is 4. The normalized spacial score (nSPS) is 19.1. The van der Waals surface area contributed by atoms with E-state index in [2.05, 4.69) is 20.5 Å². The number of benzene rings is 1. The van der Waals surface area contributed by atoms with Gasteiger partial charge in [0.15, 0.2) is 11.6 Å². The van der Waals surface area contributed by atoms with Crippen molar-refractivity contribution < 1.29 is 22.3 Å². The third kappa shape index (κ3) is 4.96. The number of morpholine rings is 1. The molecule has 0 spiro atoms. The maximum Gasteiger partial charge on any atom is 0.416 e. The number of alkyl halides is 3. The summed E-state index contributed by atoms with van der Waals surface area (Å²) in [4.78, 5) is 6.22. The third-order valence-corrected chi connectivity index (χ3v) is 5.05. The van der Waals surface area contributed by atoms with Gasteiger partial charge in [-0.25, -0.2) is 9.37 Å². The topological polar surface area (TPSA) is 63.2 Å². The zero-order chi connectivity index (χ0) is 22.9. The number of rotatable bonds is 4. The Kier molecular flexibility index (Phi) is 5.96. The highest BCUT2D eigenvalue weighted by molar-refractivity contribution is 5.69. The predicted molar refractivity (Wildman–Crippen MR) is 112 cm³/mol. The summed E-state index contributed by atoms with van der Waals surface area (Å²) in [6.07, 6.45) is -1.80. The van der Waals surface area contributed by atoms with E-state index in [1.165, 1.54) is 18.3 Å². The van der Waals surface area contributed by atoms with E-state index in [0.717, 1.165) is 18.3 Å². The van der Waals surface area contributed by atoms with Gasteiger partial charge in [0.2, 0.25) is 0 Å². The molecule has 168 valence electrons. The average Bonchev–Trinajstić information content (AvgIpc) is 2.74. The molecule has 10 heteroatoms. The molecule has 0 radical (unpaired) electrons. The number of hydrogen-bond donors (Lipinski definition) is 1. The van der Waals surface area contributed by atoms with Gasteiger partial charge >= 0.3 is 6.18 Å². The Morgan fingerprint density at radius 2 is 1.69 bits per heavy atom. The Morgan fingerprint density at radius 1 is 1.00 bits per heavy atom. The molecule has 1 saturated heterocycles. The lowest BCUT2D eigenvalue weighted by Crippen LogP contribution is -2.45. The van der Waals surface area contributed by atoms with Gasteiger partial charge in [-0.2, -0.15) is 18.3 Å². The van der Waals surface area contributed by atoms with E-state index in [1.807, 2.05) is 18.7 Å². The van der Waals surface area contributed by atoms with Gasteiger partial charge in [0, 0.05) is 24.7 Å². The molecule has 1 fully saturated rings. The fraction of sp³-hybridized carbons (Fsp3) is 0.318. The van der Waals surface area contributed by atoms with Crippen molar-refractivity contribution in [1.29, 1.82) is 0 Å². The van der Waals surface area contributed by atoms with Gasteiger partial charge in [-0.1, -0.05) is 12.1 Å². The second-order valence-corrected chi connectivity index (χ2v) is 7.71. The number of ether oxygens (including phenoxy) is 1. The van der Waals surface area contributed by atoms with Crippen LogP contribution in [0.3, 0.4) is 0 Å². The number of hydrogen-bond acceptors (Lipinski definition) is 6. The molecule has 32 heavy (non-hydrogen) atoms. The summed E-state index contributed by atoms with van der Waals surface area (Å²) in [6.45, 7) is 5.19. The number of aromatic nitrogens is 3. The fourth-order valence-corrected chi connectivity index (χ4v) is 3.64. The van der Waals surface area contributed by atoms with Crippen LogP contribution in [0.15, 0.2) is 48.8 Å². The van der Waals surface area contributed by atoms with Crippen LogP contribution in [0.5, 0.6) is 0 Å².